The predicted octanol–water partition coefficient (Wildman–Crippen LogP) is 6.69. The number of fused-ring (bicyclic) bond motifs is 1. The highest BCUT2D eigenvalue weighted by Crippen LogP contribution is 2.61. The number of ketones is 1. The predicted molar refractivity (Wildman–Crippen MR) is 111 cm³/mol. The molecule has 26 heavy (non-hydrogen) atoms. The van der Waals surface area contributed by atoms with E-state index < -0.39 is 0 Å². The SMILES string of the molecule is CC(=O)c1ccc(C2(c3sc4c(c3C)C(C)(C)CCC4(C)C)CC2)cc1. The molecule has 2 heteroatoms. The number of thiophene rings is 1. The fourth-order valence-electron chi connectivity index (χ4n) is 4.92. The molecular weight excluding hydrogens is 336 g/mol. The molecule has 0 bridgehead atoms. The molecule has 0 atom stereocenters. The summed E-state index contributed by atoms with van der Waals surface area (Å²) in [5, 5.41) is 0. The molecule has 1 heterocycles. The van der Waals surface area contributed by atoms with E-state index in [-0.39, 0.29) is 22.0 Å². The highest BCUT2D eigenvalue weighted by atomic mass is 32.1. The van der Waals surface area contributed by atoms with Crippen molar-refractivity contribution in [2.75, 3.05) is 0 Å². The molecule has 1 nitrogen and oxygen atoms in total. The molecule has 1 fully saturated rings. The van der Waals surface area contributed by atoms with Crippen molar-refractivity contribution in [2.24, 2.45) is 0 Å². The molecule has 0 unspecified atom stereocenters. The first-order valence-electron chi connectivity index (χ1n) is 9.85. The number of carbonyl (C=O) groups is 1. The maximum absolute atomic E-state index is 11.6. The van der Waals surface area contributed by atoms with E-state index >= 15 is 0 Å². The van der Waals surface area contributed by atoms with Crippen LogP contribution in [0, 0.1) is 6.92 Å². The van der Waals surface area contributed by atoms with Crippen LogP contribution < -0.4 is 0 Å². The zero-order valence-corrected chi connectivity index (χ0v) is 17.8. The molecule has 2 aliphatic rings. The first-order chi connectivity index (χ1) is 12.1. The van der Waals surface area contributed by atoms with E-state index in [1.165, 1.54) is 36.8 Å². The van der Waals surface area contributed by atoms with E-state index in [1.54, 1.807) is 22.2 Å². The fraction of sp³-hybridized carbons (Fsp3) is 0.542. The quantitative estimate of drug-likeness (QED) is 0.553. The third-order valence-electron chi connectivity index (χ3n) is 6.84. The molecule has 1 aromatic heterocycles. The summed E-state index contributed by atoms with van der Waals surface area (Å²) in [5.41, 5.74) is 6.11. The molecule has 0 spiro atoms. The van der Waals surface area contributed by atoms with Crippen molar-refractivity contribution < 1.29 is 4.79 Å². The largest absolute Gasteiger partial charge is 0.295 e. The smallest absolute Gasteiger partial charge is 0.159 e. The molecule has 0 aliphatic heterocycles. The van der Waals surface area contributed by atoms with E-state index in [1.807, 2.05) is 12.1 Å². The average molecular weight is 367 g/mol. The van der Waals surface area contributed by atoms with Gasteiger partial charge in [-0.2, -0.15) is 0 Å². The van der Waals surface area contributed by atoms with Crippen molar-refractivity contribution in [2.45, 2.75) is 83.5 Å². The van der Waals surface area contributed by atoms with Crippen LogP contribution >= 0.6 is 11.3 Å². The Labute approximate surface area is 161 Å². The second-order valence-electron chi connectivity index (χ2n) is 9.74. The van der Waals surface area contributed by atoms with Gasteiger partial charge in [0.15, 0.2) is 5.78 Å². The van der Waals surface area contributed by atoms with Gasteiger partial charge in [-0.1, -0.05) is 52.0 Å². The lowest BCUT2D eigenvalue weighted by Gasteiger charge is -2.40. The van der Waals surface area contributed by atoms with Crippen LogP contribution in [-0.2, 0) is 16.2 Å². The number of Topliss-reactive ketones (excluding diaryl/α,β-unsaturated/α-hetero) is 1. The summed E-state index contributed by atoms with van der Waals surface area (Å²) in [6.07, 6.45) is 5.00. The van der Waals surface area contributed by atoms with Gasteiger partial charge in [-0.05, 0) is 67.1 Å². The van der Waals surface area contributed by atoms with Gasteiger partial charge < -0.3 is 0 Å². The Bertz CT molecular complexity index is 876. The van der Waals surface area contributed by atoms with Crippen molar-refractivity contribution in [1.29, 1.82) is 0 Å². The van der Waals surface area contributed by atoms with Gasteiger partial charge in [-0.3, -0.25) is 4.79 Å². The van der Waals surface area contributed by atoms with Crippen LogP contribution in [0.15, 0.2) is 24.3 Å². The van der Waals surface area contributed by atoms with E-state index in [0.29, 0.717) is 0 Å². The van der Waals surface area contributed by atoms with Crippen LogP contribution in [0.5, 0.6) is 0 Å². The topological polar surface area (TPSA) is 17.1 Å². The van der Waals surface area contributed by atoms with E-state index in [0.717, 1.165) is 5.56 Å². The summed E-state index contributed by atoms with van der Waals surface area (Å²) in [6.45, 7) is 13.7. The van der Waals surface area contributed by atoms with Crippen molar-refractivity contribution in [1.82, 2.24) is 0 Å². The van der Waals surface area contributed by atoms with Crippen molar-refractivity contribution in [3.05, 3.63) is 56.3 Å². The molecular formula is C24H30OS. The van der Waals surface area contributed by atoms with Crippen LogP contribution in [0.3, 0.4) is 0 Å². The Morgan fingerprint density at radius 1 is 0.885 bits per heavy atom. The van der Waals surface area contributed by atoms with E-state index in [9.17, 15) is 4.79 Å². The highest BCUT2D eigenvalue weighted by molar-refractivity contribution is 7.12. The Hall–Kier alpha value is -1.41. The Morgan fingerprint density at radius 3 is 1.96 bits per heavy atom. The summed E-state index contributed by atoms with van der Waals surface area (Å²) in [4.78, 5) is 14.8. The molecule has 2 aliphatic carbocycles. The molecule has 0 amide bonds. The lowest BCUT2D eigenvalue weighted by Crippen LogP contribution is -2.32. The van der Waals surface area contributed by atoms with Crippen molar-refractivity contribution >= 4 is 17.1 Å². The molecule has 2 aromatic rings. The molecule has 0 radical (unpaired) electrons. The lowest BCUT2D eigenvalue weighted by molar-refractivity contribution is 0.101. The zero-order chi connectivity index (χ0) is 18.9. The minimum atomic E-state index is 0.146. The fourth-order valence-corrected chi connectivity index (χ4v) is 6.81. The first-order valence-corrected chi connectivity index (χ1v) is 10.7. The molecule has 0 N–H and O–H groups in total. The summed E-state index contributed by atoms with van der Waals surface area (Å²) < 4.78 is 0. The van der Waals surface area contributed by atoms with E-state index in [2.05, 4.69) is 58.1 Å². The number of hydrogen-bond donors (Lipinski definition) is 0. The van der Waals surface area contributed by atoms with Gasteiger partial charge in [-0.15, -0.1) is 11.3 Å². The Morgan fingerprint density at radius 2 is 1.46 bits per heavy atom. The van der Waals surface area contributed by atoms with E-state index in [4.69, 9.17) is 0 Å². The van der Waals surface area contributed by atoms with Crippen LogP contribution in [0.4, 0.5) is 0 Å². The van der Waals surface area contributed by atoms with Gasteiger partial charge in [0.05, 0.1) is 0 Å². The number of rotatable bonds is 3. The summed E-state index contributed by atoms with van der Waals surface area (Å²) >= 11 is 2.08. The second-order valence-corrected chi connectivity index (χ2v) is 10.8. The standard InChI is InChI=1S/C24H30OS/c1-15-19-21(23(5,6)12-11-22(19,3)4)26-20(15)24(13-14-24)18-9-7-17(8-10-18)16(2)25/h7-10H,11-14H2,1-6H3. The summed E-state index contributed by atoms with van der Waals surface area (Å²) in [6, 6.07) is 8.40. The minimum absolute atomic E-state index is 0.146. The summed E-state index contributed by atoms with van der Waals surface area (Å²) in [5.74, 6) is 0.146. The Kier molecular flexibility index (Phi) is 3.83. The second kappa shape index (κ2) is 5.55. The molecule has 1 saturated carbocycles. The summed E-state index contributed by atoms with van der Waals surface area (Å²) in [7, 11) is 0. The Balaban J connectivity index is 1.84. The first kappa shape index (κ1) is 18.0. The third kappa shape index (κ3) is 2.52. The zero-order valence-electron chi connectivity index (χ0n) is 17.0. The van der Waals surface area contributed by atoms with Crippen LogP contribution in [0.1, 0.15) is 97.1 Å². The molecule has 138 valence electrons. The molecule has 0 saturated heterocycles. The van der Waals surface area contributed by atoms with Crippen LogP contribution in [0.2, 0.25) is 0 Å². The number of carbonyl (C=O) groups excluding carboxylic acids is 1. The molecule has 4 rings (SSSR count). The van der Waals surface area contributed by atoms with Crippen LogP contribution in [0.25, 0.3) is 0 Å². The average Bonchev–Trinajstić information content (AvgIpc) is 3.29. The lowest BCUT2D eigenvalue weighted by atomic mass is 9.65. The maximum Gasteiger partial charge on any atom is 0.159 e. The van der Waals surface area contributed by atoms with Gasteiger partial charge in [0.2, 0.25) is 0 Å². The molecule has 1 aromatic carbocycles. The van der Waals surface area contributed by atoms with Crippen molar-refractivity contribution in [3.63, 3.8) is 0 Å². The van der Waals surface area contributed by atoms with Gasteiger partial charge in [0.25, 0.3) is 0 Å². The van der Waals surface area contributed by atoms with Crippen LogP contribution in [-0.4, -0.2) is 5.78 Å². The monoisotopic (exact) mass is 366 g/mol. The van der Waals surface area contributed by atoms with Gasteiger partial charge >= 0.3 is 0 Å². The maximum atomic E-state index is 11.6. The highest BCUT2D eigenvalue weighted by Gasteiger charge is 2.51. The van der Waals surface area contributed by atoms with Gasteiger partial charge in [0, 0.05) is 20.7 Å². The third-order valence-corrected chi connectivity index (χ3v) is 8.70. The van der Waals surface area contributed by atoms with Gasteiger partial charge in [-0.25, -0.2) is 0 Å². The minimum Gasteiger partial charge on any atom is -0.295 e. The normalized spacial score (nSPS) is 21.9. The van der Waals surface area contributed by atoms with Gasteiger partial charge in [0.1, 0.15) is 0 Å². The number of hydrogen-bond acceptors (Lipinski definition) is 2. The van der Waals surface area contributed by atoms with Crippen molar-refractivity contribution in [3.8, 4) is 0 Å². The number of benzene rings is 1.